The Morgan fingerprint density at radius 2 is 1.85 bits per heavy atom. The molecule has 5 rings (SSSR count). The van der Waals surface area contributed by atoms with Crippen molar-refractivity contribution in [3.05, 3.63) is 64.0 Å². The fourth-order valence-electron chi connectivity index (χ4n) is 5.08. The molecule has 4 amide bonds. The summed E-state index contributed by atoms with van der Waals surface area (Å²) < 4.78 is 13.5. The highest BCUT2D eigenvalue weighted by molar-refractivity contribution is 6.30. The van der Waals surface area contributed by atoms with E-state index in [4.69, 9.17) is 0 Å². The van der Waals surface area contributed by atoms with Crippen LogP contribution in [0, 0.1) is 21.3 Å². The van der Waals surface area contributed by atoms with Gasteiger partial charge in [-0.25, -0.2) is 14.1 Å². The summed E-state index contributed by atoms with van der Waals surface area (Å²) in [6.45, 7) is 1.54. The zero-order valence-corrected chi connectivity index (χ0v) is 17.7. The topological polar surface area (TPSA) is 116 Å². The second kappa shape index (κ2) is 7.34. The summed E-state index contributed by atoms with van der Waals surface area (Å²) in [5.41, 5.74) is -0.492. The van der Waals surface area contributed by atoms with Crippen LogP contribution < -0.4 is 15.1 Å². The van der Waals surface area contributed by atoms with Crippen LogP contribution in [-0.4, -0.2) is 60.4 Å². The maximum atomic E-state index is 14.0. The van der Waals surface area contributed by atoms with Crippen molar-refractivity contribution >= 4 is 34.9 Å². The first-order valence-corrected chi connectivity index (χ1v) is 10.4. The van der Waals surface area contributed by atoms with Gasteiger partial charge in [0.05, 0.1) is 16.7 Å². The minimum atomic E-state index is -1.70. The molecule has 33 heavy (non-hydrogen) atoms. The van der Waals surface area contributed by atoms with Crippen molar-refractivity contribution in [2.45, 2.75) is 12.5 Å². The van der Waals surface area contributed by atoms with E-state index < -0.39 is 40.0 Å². The molecular formula is C22H20FN5O5. The lowest BCUT2D eigenvalue weighted by Crippen LogP contribution is -2.75. The van der Waals surface area contributed by atoms with Crippen molar-refractivity contribution < 1.29 is 23.7 Å². The molecule has 2 aromatic carbocycles. The first-order valence-electron chi connectivity index (χ1n) is 10.4. The number of carbonyl (C=O) groups excluding carboxylic acids is 3. The zero-order chi connectivity index (χ0) is 23.5. The zero-order valence-electron chi connectivity index (χ0n) is 17.7. The molecule has 2 fully saturated rings. The number of piperazine rings is 1. The lowest BCUT2D eigenvalue weighted by atomic mass is 9.67. The number of nitro groups is 1. The van der Waals surface area contributed by atoms with Crippen molar-refractivity contribution in [3.63, 3.8) is 0 Å². The molecule has 3 heterocycles. The standard InChI is InChI=1S/C22H20FN5O5/c1-25-8-9-26-17-7-6-16(28(32)33)10-13(17)11-22(18(26)12-25)19(29)24-21(31)27(20(22)30)15-4-2-14(23)3-5-15/h2-7,10,18H,8-9,11-12H2,1H3,(H,24,29,31)/t18-,22-/m1/s1. The number of imide groups is 2. The molecule has 0 bridgehead atoms. The van der Waals surface area contributed by atoms with E-state index in [1.807, 2.05) is 16.8 Å². The molecule has 11 heteroatoms. The van der Waals surface area contributed by atoms with Crippen LogP contribution in [0.2, 0.25) is 0 Å². The van der Waals surface area contributed by atoms with Gasteiger partial charge in [0.25, 0.3) is 11.6 Å². The third-order valence-corrected chi connectivity index (χ3v) is 6.70. The van der Waals surface area contributed by atoms with Crippen LogP contribution in [-0.2, 0) is 16.0 Å². The number of hydrogen-bond acceptors (Lipinski definition) is 7. The lowest BCUT2D eigenvalue weighted by Gasteiger charge is -2.54. The van der Waals surface area contributed by atoms with Crippen molar-refractivity contribution in [3.8, 4) is 0 Å². The Balaban J connectivity index is 1.68. The van der Waals surface area contributed by atoms with Gasteiger partial charge in [0.2, 0.25) is 5.91 Å². The summed E-state index contributed by atoms with van der Waals surface area (Å²) in [4.78, 5) is 55.7. The van der Waals surface area contributed by atoms with Crippen LogP contribution in [0.3, 0.4) is 0 Å². The fraction of sp³-hybridized carbons (Fsp3) is 0.318. The third kappa shape index (κ3) is 3.07. The number of anilines is 2. The lowest BCUT2D eigenvalue weighted by molar-refractivity contribution is -0.384. The van der Waals surface area contributed by atoms with Gasteiger partial charge in [0.1, 0.15) is 5.82 Å². The monoisotopic (exact) mass is 453 g/mol. The molecule has 0 saturated carbocycles. The maximum absolute atomic E-state index is 14.0. The Bertz CT molecular complexity index is 1200. The van der Waals surface area contributed by atoms with Gasteiger partial charge in [-0.3, -0.25) is 25.0 Å². The molecule has 10 nitrogen and oxygen atoms in total. The molecule has 3 aliphatic heterocycles. The predicted molar refractivity (Wildman–Crippen MR) is 115 cm³/mol. The number of nitro benzene ring substituents is 1. The highest BCUT2D eigenvalue weighted by atomic mass is 19.1. The fourth-order valence-corrected chi connectivity index (χ4v) is 5.08. The van der Waals surface area contributed by atoms with E-state index >= 15 is 0 Å². The first kappa shape index (κ1) is 21.0. The van der Waals surface area contributed by atoms with Crippen LogP contribution in [0.5, 0.6) is 0 Å². The number of likely N-dealkylation sites (N-methyl/N-ethyl adjacent to an activating group) is 1. The molecule has 0 aromatic heterocycles. The van der Waals surface area contributed by atoms with Crippen molar-refractivity contribution in [2.24, 2.45) is 5.41 Å². The number of halogens is 1. The van der Waals surface area contributed by atoms with Crippen LogP contribution in [0.4, 0.5) is 26.2 Å². The number of hydrogen-bond donors (Lipinski definition) is 1. The summed E-state index contributed by atoms with van der Waals surface area (Å²) in [7, 11) is 1.88. The number of amides is 4. The van der Waals surface area contributed by atoms with E-state index in [0.29, 0.717) is 25.2 Å². The van der Waals surface area contributed by atoms with Crippen molar-refractivity contribution in [1.29, 1.82) is 0 Å². The van der Waals surface area contributed by atoms with Crippen LogP contribution in [0.25, 0.3) is 0 Å². The average Bonchev–Trinajstić information content (AvgIpc) is 2.78. The van der Waals surface area contributed by atoms with Gasteiger partial charge in [0, 0.05) is 43.9 Å². The first-order chi connectivity index (χ1) is 15.7. The van der Waals surface area contributed by atoms with E-state index in [1.165, 1.54) is 24.3 Å². The largest absolute Gasteiger partial charge is 0.364 e. The minimum absolute atomic E-state index is 0.103. The molecule has 0 unspecified atom stereocenters. The van der Waals surface area contributed by atoms with Gasteiger partial charge in [0.15, 0.2) is 5.41 Å². The minimum Gasteiger partial charge on any atom is -0.364 e. The molecule has 2 aromatic rings. The highest BCUT2D eigenvalue weighted by Gasteiger charge is 2.63. The number of barbiturate groups is 1. The number of nitrogens with one attached hydrogen (secondary N) is 1. The number of urea groups is 1. The highest BCUT2D eigenvalue weighted by Crippen LogP contribution is 2.47. The van der Waals surface area contributed by atoms with Crippen molar-refractivity contribution in [1.82, 2.24) is 10.2 Å². The summed E-state index contributed by atoms with van der Waals surface area (Å²) in [5, 5.41) is 13.7. The van der Waals surface area contributed by atoms with Crippen LogP contribution >= 0.6 is 0 Å². The maximum Gasteiger partial charge on any atom is 0.335 e. The predicted octanol–water partition coefficient (Wildman–Crippen LogP) is 1.68. The number of fused-ring (bicyclic) bond motifs is 4. The molecular weight excluding hydrogens is 433 g/mol. The Morgan fingerprint density at radius 1 is 1.12 bits per heavy atom. The van der Waals surface area contributed by atoms with Gasteiger partial charge in [-0.15, -0.1) is 0 Å². The molecule has 0 radical (unpaired) electrons. The second-order valence-corrected chi connectivity index (χ2v) is 8.57. The molecule has 2 atom stereocenters. The molecule has 0 aliphatic carbocycles. The average molecular weight is 453 g/mol. The van der Waals surface area contributed by atoms with Gasteiger partial charge >= 0.3 is 6.03 Å². The van der Waals surface area contributed by atoms with E-state index in [-0.39, 0.29) is 17.8 Å². The van der Waals surface area contributed by atoms with Gasteiger partial charge in [-0.05, 0) is 42.9 Å². The molecule has 3 aliphatic rings. The van der Waals surface area contributed by atoms with Crippen LogP contribution in [0.15, 0.2) is 42.5 Å². The van der Waals surface area contributed by atoms with Gasteiger partial charge in [-0.2, -0.15) is 0 Å². The summed E-state index contributed by atoms with van der Waals surface area (Å²) in [5.74, 6) is -2.00. The smallest absolute Gasteiger partial charge is 0.335 e. The number of benzene rings is 2. The van der Waals surface area contributed by atoms with Gasteiger partial charge in [-0.1, -0.05) is 0 Å². The Hall–Kier alpha value is -3.86. The van der Waals surface area contributed by atoms with E-state index in [2.05, 4.69) is 5.32 Å². The van der Waals surface area contributed by atoms with E-state index in [1.54, 1.807) is 6.07 Å². The second-order valence-electron chi connectivity index (χ2n) is 8.57. The number of non-ortho nitro benzene ring substituents is 1. The number of carbonyl (C=O) groups is 3. The van der Waals surface area contributed by atoms with E-state index in [0.717, 1.165) is 22.7 Å². The normalized spacial score (nSPS) is 25.0. The number of nitrogens with zero attached hydrogens (tertiary/aromatic N) is 4. The SMILES string of the molecule is CN1CCN2c3ccc([N+](=O)[O-])cc3C[C@]3(C(=O)NC(=O)N(c4ccc(F)cc4)C3=O)[C@H]2C1. The quantitative estimate of drug-likeness (QED) is 0.418. The Kier molecular flexibility index (Phi) is 4.67. The van der Waals surface area contributed by atoms with Gasteiger partial charge < -0.3 is 9.80 Å². The summed E-state index contributed by atoms with van der Waals surface area (Å²) in [6.07, 6.45) is -0.103. The third-order valence-electron chi connectivity index (χ3n) is 6.70. The Morgan fingerprint density at radius 3 is 2.55 bits per heavy atom. The van der Waals surface area contributed by atoms with Crippen molar-refractivity contribution in [2.75, 3.05) is 36.5 Å². The summed E-state index contributed by atoms with van der Waals surface area (Å²) in [6, 6.07) is 7.75. The molecule has 1 N–H and O–H groups in total. The summed E-state index contributed by atoms with van der Waals surface area (Å²) >= 11 is 0. The molecule has 170 valence electrons. The van der Waals surface area contributed by atoms with Crippen LogP contribution in [0.1, 0.15) is 5.56 Å². The van der Waals surface area contributed by atoms with E-state index in [9.17, 15) is 28.9 Å². The Labute approximate surface area is 187 Å². The molecule has 2 saturated heterocycles. The number of rotatable bonds is 2. The molecule has 1 spiro atoms.